The number of benzene rings is 1. The zero-order valence-electron chi connectivity index (χ0n) is 12.1. The summed E-state index contributed by atoms with van der Waals surface area (Å²) in [5.41, 5.74) is 10.7. The zero-order valence-corrected chi connectivity index (χ0v) is 12.9. The summed E-state index contributed by atoms with van der Waals surface area (Å²) in [7, 11) is 0. The van der Waals surface area contributed by atoms with Crippen molar-refractivity contribution in [3.05, 3.63) is 35.1 Å². The number of aryl methyl sites for hydroxylation is 1. The Kier molecular flexibility index (Phi) is 3.70. The fourth-order valence-corrected chi connectivity index (χ4v) is 2.83. The average Bonchev–Trinajstić information content (AvgIpc) is 2.92. The highest BCUT2D eigenvalue weighted by atomic mass is 32.1. The van der Waals surface area contributed by atoms with Crippen LogP contribution >= 0.6 is 11.3 Å². The highest BCUT2D eigenvalue weighted by molar-refractivity contribution is 7.16. The molecule has 0 aliphatic carbocycles. The van der Waals surface area contributed by atoms with Crippen LogP contribution in [0.3, 0.4) is 0 Å². The second-order valence-corrected chi connectivity index (χ2v) is 5.79. The summed E-state index contributed by atoms with van der Waals surface area (Å²) in [6.45, 7) is 4.03. The van der Waals surface area contributed by atoms with Crippen molar-refractivity contribution in [3.63, 3.8) is 0 Å². The van der Waals surface area contributed by atoms with E-state index in [0.29, 0.717) is 5.82 Å². The third-order valence-corrected chi connectivity index (χ3v) is 4.09. The van der Waals surface area contributed by atoms with Gasteiger partial charge in [0.25, 0.3) is 0 Å². The number of nitrogens with one attached hydrogen (secondary N) is 1. The average molecular weight is 299 g/mol. The summed E-state index contributed by atoms with van der Waals surface area (Å²) in [5, 5.41) is 3.34. The van der Waals surface area contributed by atoms with Crippen molar-refractivity contribution >= 4 is 38.9 Å². The standard InChI is InChI=1S/C15H17N5S/c1-3-4-13-19-14(16)9(2)15(20-13)18-10-5-6-11-12(7-10)21-8-17-11/h5-8H,3-4H2,1-2H3,(H3,16,18,19,20). The molecule has 0 unspecified atom stereocenters. The van der Waals surface area contributed by atoms with E-state index in [-0.39, 0.29) is 0 Å². The molecule has 0 bridgehead atoms. The van der Waals surface area contributed by atoms with E-state index in [9.17, 15) is 0 Å². The summed E-state index contributed by atoms with van der Waals surface area (Å²) in [5.74, 6) is 2.09. The SMILES string of the molecule is CCCc1nc(N)c(C)c(Nc2ccc3ncsc3c2)n1. The van der Waals surface area contributed by atoms with Crippen molar-refractivity contribution < 1.29 is 0 Å². The largest absolute Gasteiger partial charge is 0.383 e. The van der Waals surface area contributed by atoms with Gasteiger partial charge in [-0.25, -0.2) is 15.0 Å². The number of nitrogen functional groups attached to an aromatic ring is 1. The number of nitrogens with two attached hydrogens (primary N) is 1. The quantitative estimate of drug-likeness (QED) is 0.768. The van der Waals surface area contributed by atoms with Crippen LogP contribution in [0.25, 0.3) is 10.2 Å². The van der Waals surface area contributed by atoms with Crippen LogP contribution in [-0.4, -0.2) is 15.0 Å². The molecule has 3 rings (SSSR count). The van der Waals surface area contributed by atoms with Gasteiger partial charge in [0.15, 0.2) is 0 Å². The van der Waals surface area contributed by atoms with Crippen molar-refractivity contribution in [3.8, 4) is 0 Å². The Morgan fingerprint density at radius 3 is 2.95 bits per heavy atom. The van der Waals surface area contributed by atoms with Gasteiger partial charge in [-0.3, -0.25) is 0 Å². The monoisotopic (exact) mass is 299 g/mol. The number of nitrogens with zero attached hydrogens (tertiary/aromatic N) is 3. The van der Waals surface area contributed by atoms with E-state index in [4.69, 9.17) is 5.73 Å². The molecule has 108 valence electrons. The van der Waals surface area contributed by atoms with Crippen LogP contribution in [0.4, 0.5) is 17.3 Å². The third kappa shape index (κ3) is 2.80. The Morgan fingerprint density at radius 1 is 1.29 bits per heavy atom. The molecule has 0 atom stereocenters. The maximum atomic E-state index is 5.98. The van der Waals surface area contributed by atoms with Crippen LogP contribution in [0.15, 0.2) is 23.7 Å². The van der Waals surface area contributed by atoms with Crippen LogP contribution in [0.5, 0.6) is 0 Å². The van der Waals surface area contributed by atoms with Crippen LogP contribution in [-0.2, 0) is 6.42 Å². The molecule has 2 heterocycles. The number of thiazole rings is 1. The predicted molar refractivity (Wildman–Crippen MR) is 88.1 cm³/mol. The number of fused-ring (bicyclic) bond motifs is 1. The molecule has 0 aliphatic rings. The van der Waals surface area contributed by atoms with Crippen molar-refractivity contribution in [1.82, 2.24) is 15.0 Å². The third-order valence-electron chi connectivity index (χ3n) is 3.30. The van der Waals surface area contributed by atoms with Gasteiger partial charge in [-0.05, 0) is 31.5 Å². The van der Waals surface area contributed by atoms with Crippen LogP contribution in [0, 0.1) is 6.92 Å². The van der Waals surface area contributed by atoms with Crippen LogP contribution < -0.4 is 11.1 Å². The van der Waals surface area contributed by atoms with Gasteiger partial charge >= 0.3 is 0 Å². The molecule has 0 saturated heterocycles. The minimum atomic E-state index is 0.537. The summed E-state index contributed by atoms with van der Waals surface area (Å²) in [4.78, 5) is 13.2. The molecular formula is C15H17N5S. The number of anilines is 3. The van der Waals surface area contributed by atoms with Gasteiger partial charge in [-0.2, -0.15) is 0 Å². The van der Waals surface area contributed by atoms with Gasteiger partial charge in [0.1, 0.15) is 17.5 Å². The molecule has 5 nitrogen and oxygen atoms in total. The van der Waals surface area contributed by atoms with Gasteiger partial charge in [0.2, 0.25) is 0 Å². The van der Waals surface area contributed by atoms with E-state index >= 15 is 0 Å². The number of rotatable bonds is 4. The Balaban J connectivity index is 1.95. The lowest BCUT2D eigenvalue weighted by Gasteiger charge is -2.12. The lowest BCUT2D eigenvalue weighted by atomic mass is 10.2. The first-order chi connectivity index (χ1) is 10.2. The van der Waals surface area contributed by atoms with Gasteiger partial charge < -0.3 is 11.1 Å². The van der Waals surface area contributed by atoms with E-state index in [0.717, 1.165) is 46.0 Å². The van der Waals surface area contributed by atoms with Gasteiger partial charge in [-0.1, -0.05) is 6.92 Å². The topological polar surface area (TPSA) is 76.7 Å². The Labute approximate surface area is 127 Å². The molecule has 3 aromatic rings. The second-order valence-electron chi connectivity index (χ2n) is 4.91. The number of aromatic nitrogens is 3. The first kappa shape index (κ1) is 13.8. The number of hydrogen-bond donors (Lipinski definition) is 2. The summed E-state index contributed by atoms with van der Waals surface area (Å²) in [6.07, 6.45) is 1.82. The Morgan fingerprint density at radius 2 is 2.14 bits per heavy atom. The Bertz CT molecular complexity index is 781. The fourth-order valence-electron chi connectivity index (χ4n) is 2.11. The summed E-state index contributed by atoms with van der Waals surface area (Å²) in [6, 6.07) is 6.07. The first-order valence-electron chi connectivity index (χ1n) is 6.90. The maximum absolute atomic E-state index is 5.98. The van der Waals surface area contributed by atoms with Crippen LogP contribution in [0.2, 0.25) is 0 Å². The minimum absolute atomic E-state index is 0.537. The van der Waals surface area contributed by atoms with E-state index in [1.54, 1.807) is 11.3 Å². The second kappa shape index (κ2) is 5.65. The number of hydrogen-bond acceptors (Lipinski definition) is 6. The molecule has 0 spiro atoms. The molecule has 2 aromatic heterocycles. The van der Waals surface area contributed by atoms with E-state index in [2.05, 4.69) is 33.3 Å². The molecule has 21 heavy (non-hydrogen) atoms. The lowest BCUT2D eigenvalue weighted by Crippen LogP contribution is -2.07. The van der Waals surface area contributed by atoms with Gasteiger partial charge in [0.05, 0.1) is 15.7 Å². The molecule has 6 heteroatoms. The fraction of sp³-hybridized carbons (Fsp3) is 0.267. The maximum Gasteiger partial charge on any atom is 0.139 e. The predicted octanol–water partition coefficient (Wildman–Crippen LogP) is 3.67. The summed E-state index contributed by atoms with van der Waals surface area (Å²) < 4.78 is 1.15. The molecule has 0 amide bonds. The van der Waals surface area contributed by atoms with Crippen molar-refractivity contribution in [1.29, 1.82) is 0 Å². The van der Waals surface area contributed by atoms with Crippen LogP contribution in [0.1, 0.15) is 24.7 Å². The highest BCUT2D eigenvalue weighted by Gasteiger charge is 2.09. The smallest absolute Gasteiger partial charge is 0.139 e. The molecule has 1 aromatic carbocycles. The lowest BCUT2D eigenvalue weighted by molar-refractivity contribution is 0.836. The normalized spacial score (nSPS) is 11.0. The van der Waals surface area contributed by atoms with E-state index in [1.807, 2.05) is 24.6 Å². The summed E-state index contributed by atoms with van der Waals surface area (Å²) >= 11 is 1.62. The van der Waals surface area contributed by atoms with E-state index in [1.165, 1.54) is 0 Å². The van der Waals surface area contributed by atoms with Gasteiger partial charge in [0, 0.05) is 17.7 Å². The first-order valence-corrected chi connectivity index (χ1v) is 7.78. The van der Waals surface area contributed by atoms with Crippen molar-refractivity contribution in [2.75, 3.05) is 11.1 Å². The highest BCUT2D eigenvalue weighted by Crippen LogP contribution is 2.26. The van der Waals surface area contributed by atoms with Crippen molar-refractivity contribution in [2.45, 2.75) is 26.7 Å². The molecule has 0 saturated carbocycles. The molecule has 3 N–H and O–H groups in total. The zero-order chi connectivity index (χ0) is 14.8. The Hall–Kier alpha value is -2.21. The molecule has 0 fully saturated rings. The molecule has 0 radical (unpaired) electrons. The van der Waals surface area contributed by atoms with Crippen molar-refractivity contribution in [2.24, 2.45) is 0 Å². The molecule has 0 aliphatic heterocycles. The van der Waals surface area contributed by atoms with Gasteiger partial charge in [-0.15, -0.1) is 11.3 Å². The minimum Gasteiger partial charge on any atom is -0.383 e. The molecular weight excluding hydrogens is 282 g/mol. The van der Waals surface area contributed by atoms with E-state index < -0.39 is 0 Å².